The minimum atomic E-state index is -0.517. The molecule has 0 saturated heterocycles. The van der Waals surface area contributed by atoms with Gasteiger partial charge in [0.2, 0.25) is 11.9 Å². The molecule has 4 rings (SSSR count). The lowest BCUT2D eigenvalue weighted by Gasteiger charge is -2.10. The number of anilines is 1. The fourth-order valence-corrected chi connectivity index (χ4v) is 3.10. The van der Waals surface area contributed by atoms with Crippen molar-refractivity contribution in [3.63, 3.8) is 0 Å². The van der Waals surface area contributed by atoms with Gasteiger partial charge in [0, 0.05) is 11.8 Å². The molecule has 4 aromatic rings. The van der Waals surface area contributed by atoms with Crippen LogP contribution in [0.2, 0.25) is 5.02 Å². The second-order valence-electron chi connectivity index (χ2n) is 6.52. The van der Waals surface area contributed by atoms with Gasteiger partial charge in [-0.15, -0.1) is 0 Å². The van der Waals surface area contributed by atoms with Gasteiger partial charge in [0.05, 0.1) is 35.8 Å². The van der Waals surface area contributed by atoms with Crippen LogP contribution in [0.5, 0.6) is 0 Å². The van der Waals surface area contributed by atoms with E-state index in [2.05, 4.69) is 15.6 Å². The molecular formula is C22H18ClFN4O2. The van der Waals surface area contributed by atoms with Crippen LogP contribution in [0.15, 0.2) is 77.5 Å². The van der Waals surface area contributed by atoms with Crippen molar-refractivity contribution in [3.8, 4) is 16.9 Å². The predicted molar refractivity (Wildman–Crippen MR) is 113 cm³/mol. The van der Waals surface area contributed by atoms with E-state index in [0.717, 1.165) is 11.3 Å². The Kier molecular flexibility index (Phi) is 5.92. The summed E-state index contributed by atoms with van der Waals surface area (Å²) in [7, 11) is 0. The summed E-state index contributed by atoms with van der Waals surface area (Å²) in [6, 6.07) is 17.5. The van der Waals surface area contributed by atoms with Crippen LogP contribution in [-0.2, 0) is 11.3 Å². The number of imidazole rings is 1. The molecule has 0 saturated carbocycles. The molecule has 2 N–H and O–H groups in total. The van der Waals surface area contributed by atoms with E-state index in [9.17, 15) is 9.18 Å². The van der Waals surface area contributed by atoms with Crippen LogP contribution in [0.4, 0.5) is 10.3 Å². The number of amides is 1. The molecule has 8 heteroatoms. The molecule has 0 radical (unpaired) electrons. The zero-order chi connectivity index (χ0) is 20.9. The minimum absolute atomic E-state index is 0.0140. The van der Waals surface area contributed by atoms with Gasteiger partial charge in [0.25, 0.3) is 0 Å². The second kappa shape index (κ2) is 8.94. The van der Waals surface area contributed by atoms with Crippen molar-refractivity contribution < 1.29 is 13.6 Å². The van der Waals surface area contributed by atoms with Crippen molar-refractivity contribution in [2.75, 3.05) is 11.9 Å². The molecule has 6 nitrogen and oxygen atoms in total. The number of benzene rings is 2. The summed E-state index contributed by atoms with van der Waals surface area (Å²) in [6.45, 7) is 0.496. The average molecular weight is 425 g/mol. The Hall–Kier alpha value is -3.42. The van der Waals surface area contributed by atoms with Crippen molar-refractivity contribution in [2.45, 2.75) is 6.54 Å². The lowest BCUT2D eigenvalue weighted by molar-refractivity contribution is -0.115. The van der Waals surface area contributed by atoms with Crippen LogP contribution < -0.4 is 10.6 Å². The Morgan fingerprint density at radius 3 is 2.70 bits per heavy atom. The molecule has 0 bridgehead atoms. The monoisotopic (exact) mass is 424 g/mol. The number of halogens is 2. The third-order valence-electron chi connectivity index (χ3n) is 4.37. The first-order valence-electron chi connectivity index (χ1n) is 9.23. The number of hydrogen-bond acceptors (Lipinski definition) is 4. The van der Waals surface area contributed by atoms with E-state index >= 15 is 0 Å². The molecule has 152 valence electrons. The van der Waals surface area contributed by atoms with Gasteiger partial charge in [0.15, 0.2) is 0 Å². The highest BCUT2D eigenvalue weighted by atomic mass is 35.5. The number of rotatable bonds is 7. The number of carbonyl (C=O) groups excluding carboxylic acids is 1. The normalized spacial score (nSPS) is 10.9. The van der Waals surface area contributed by atoms with Gasteiger partial charge in [-0.25, -0.2) is 9.37 Å². The minimum Gasteiger partial charge on any atom is -0.468 e. The highest BCUT2D eigenvalue weighted by molar-refractivity contribution is 6.30. The number of furan rings is 1. The first kappa shape index (κ1) is 19.9. The first-order chi connectivity index (χ1) is 14.6. The Labute approximate surface area is 177 Å². The Morgan fingerprint density at radius 1 is 1.13 bits per heavy atom. The summed E-state index contributed by atoms with van der Waals surface area (Å²) < 4.78 is 20.5. The Morgan fingerprint density at radius 2 is 1.97 bits per heavy atom. The van der Waals surface area contributed by atoms with E-state index in [1.807, 2.05) is 36.4 Å². The van der Waals surface area contributed by atoms with Crippen LogP contribution in [0.3, 0.4) is 0 Å². The summed E-state index contributed by atoms with van der Waals surface area (Å²) in [5.74, 6) is 0.246. The van der Waals surface area contributed by atoms with Crippen molar-refractivity contribution in [2.24, 2.45) is 0 Å². The van der Waals surface area contributed by atoms with Crippen LogP contribution in [0, 0.1) is 5.82 Å². The fraction of sp³-hybridized carbons (Fsp3) is 0.0909. The highest BCUT2D eigenvalue weighted by Crippen LogP contribution is 2.26. The van der Waals surface area contributed by atoms with Crippen LogP contribution >= 0.6 is 11.6 Å². The number of nitrogens with zero attached hydrogens (tertiary/aromatic N) is 2. The molecule has 0 fully saturated rings. The lowest BCUT2D eigenvalue weighted by Crippen LogP contribution is -2.28. The van der Waals surface area contributed by atoms with Gasteiger partial charge < -0.3 is 9.73 Å². The van der Waals surface area contributed by atoms with E-state index in [1.165, 1.54) is 12.1 Å². The molecule has 0 atom stereocenters. The highest BCUT2D eigenvalue weighted by Gasteiger charge is 2.15. The summed E-state index contributed by atoms with van der Waals surface area (Å²) >= 11 is 5.95. The summed E-state index contributed by atoms with van der Waals surface area (Å²) in [5, 5.41) is 5.79. The molecule has 30 heavy (non-hydrogen) atoms. The number of nitrogens with one attached hydrogen (secondary N) is 2. The third kappa shape index (κ3) is 4.59. The molecular weight excluding hydrogens is 407 g/mol. The molecule has 0 spiro atoms. The average Bonchev–Trinajstić information content (AvgIpc) is 3.41. The van der Waals surface area contributed by atoms with Crippen molar-refractivity contribution in [3.05, 3.63) is 89.7 Å². The van der Waals surface area contributed by atoms with Crippen LogP contribution in [0.25, 0.3) is 16.9 Å². The predicted octanol–water partition coefficient (Wildman–Crippen LogP) is 4.65. The summed E-state index contributed by atoms with van der Waals surface area (Å²) in [6.07, 6.45) is 3.34. The van der Waals surface area contributed by atoms with Gasteiger partial charge in [-0.05, 0) is 30.3 Å². The maximum atomic E-state index is 13.6. The number of aromatic nitrogens is 2. The number of hydrogen-bond donors (Lipinski definition) is 2. The van der Waals surface area contributed by atoms with E-state index in [4.69, 9.17) is 16.0 Å². The third-order valence-corrected chi connectivity index (χ3v) is 4.66. The van der Waals surface area contributed by atoms with Crippen molar-refractivity contribution in [1.82, 2.24) is 14.9 Å². The van der Waals surface area contributed by atoms with Crippen molar-refractivity contribution >= 4 is 23.5 Å². The molecule has 0 aliphatic heterocycles. The largest absolute Gasteiger partial charge is 0.468 e. The summed E-state index contributed by atoms with van der Waals surface area (Å²) in [4.78, 5) is 17.0. The molecule has 0 aliphatic carbocycles. The lowest BCUT2D eigenvalue weighted by atomic mass is 10.2. The molecule has 0 unspecified atom stereocenters. The molecule has 1 amide bonds. The summed E-state index contributed by atoms with van der Waals surface area (Å²) in [5.41, 5.74) is 2.13. The first-order valence-corrected chi connectivity index (χ1v) is 9.61. The smallest absolute Gasteiger partial charge is 0.240 e. The molecule has 2 aromatic carbocycles. The maximum Gasteiger partial charge on any atom is 0.240 e. The topological polar surface area (TPSA) is 72.1 Å². The number of carbonyl (C=O) groups is 1. The fourth-order valence-electron chi connectivity index (χ4n) is 2.93. The van der Waals surface area contributed by atoms with Gasteiger partial charge in [-0.1, -0.05) is 41.9 Å². The van der Waals surface area contributed by atoms with E-state index in [1.54, 1.807) is 29.2 Å². The second-order valence-corrected chi connectivity index (χ2v) is 6.92. The van der Waals surface area contributed by atoms with Crippen molar-refractivity contribution in [1.29, 1.82) is 0 Å². The zero-order valence-electron chi connectivity index (χ0n) is 15.8. The van der Waals surface area contributed by atoms with E-state index in [0.29, 0.717) is 23.9 Å². The SMILES string of the molecule is O=C(CNCc1ccco1)Nc1nc(-c2ccccc2)cn1-c1ccc(F)c(Cl)c1. The van der Waals surface area contributed by atoms with Gasteiger partial charge in [0.1, 0.15) is 11.6 Å². The van der Waals surface area contributed by atoms with Crippen LogP contribution in [0.1, 0.15) is 5.76 Å². The van der Waals surface area contributed by atoms with E-state index in [-0.39, 0.29) is 17.5 Å². The Balaban J connectivity index is 1.57. The van der Waals surface area contributed by atoms with Crippen LogP contribution in [-0.4, -0.2) is 22.0 Å². The Bertz CT molecular complexity index is 1140. The molecule has 2 heterocycles. The standard InChI is InChI=1S/C22H18ClFN4O2/c23-18-11-16(8-9-19(18)24)28-14-20(15-5-2-1-3-6-15)26-22(28)27-21(29)13-25-12-17-7-4-10-30-17/h1-11,14,25H,12-13H2,(H,26,27,29). The zero-order valence-corrected chi connectivity index (χ0v) is 16.6. The van der Waals surface area contributed by atoms with Gasteiger partial charge in [-0.3, -0.25) is 14.7 Å². The maximum absolute atomic E-state index is 13.6. The van der Waals surface area contributed by atoms with E-state index < -0.39 is 5.82 Å². The van der Waals surface area contributed by atoms with Gasteiger partial charge in [-0.2, -0.15) is 0 Å². The molecule has 2 aromatic heterocycles. The molecule has 0 aliphatic rings. The quantitative estimate of drug-likeness (QED) is 0.453. The van der Waals surface area contributed by atoms with Gasteiger partial charge >= 0.3 is 0 Å².